The number of benzene rings is 2. The fourth-order valence-electron chi connectivity index (χ4n) is 2.96. The van der Waals surface area contributed by atoms with Gasteiger partial charge in [-0.3, -0.25) is 9.59 Å². The van der Waals surface area contributed by atoms with Gasteiger partial charge >= 0.3 is 0 Å². The predicted molar refractivity (Wildman–Crippen MR) is 98.1 cm³/mol. The molecule has 0 bridgehead atoms. The highest BCUT2D eigenvalue weighted by molar-refractivity contribution is 5.96. The topological polar surface area (TPSA) is 52.7 Å². The van der Waals surface area contributed by atoms with Crippen molar-refractivity contribution in [3.05, 3.63) is 66.2 Å². The van der Waals surface area contributed by atoms with Crippen molar-refractivity contribution in [1.29, 1.82) is 0 Å². The Morgan fingerprint density at radius 3 is 2.08 bits per heavy atom. The molecular weight excluding hydrogens is 314 g/mol. The number of anilines is 1. The molecule has 1 saturated heterocycles. The summed E-state index contributed by atoms with van der Waals surface area (Å²) in [6.07, 6.45) is -0.0851. The van der Waals surface area contributed by atoms with Gasteiger partial charge in [0.2, 0.25) is 11.8 Å². The van der Waals surface area contributed by atoms with Gasteiger partial charge in [-0.1, -0.05) is 48.5 Å². The third kappa shape index (κ3) is 4.83. The Morgan fingerprint density at radius 2 is 1.44 bits per heavy atom. The van der Waals surface area contributed by atoms with Crippen LogP contribution < -0.4 is 10.2 Å². The van der Waals surface area contributed by atoms with Gasteiger partial charge < -0.3 is 15.1 Å². The number of piperazine rings is 1. The van der Waals surface area contributed by atoms with E-state index in [0.717, 1.165) is 18.7 Å². The maximum Gasteiger partial charge on any atom is 0.232 e. The van der Waals surface area contributed by atoms with Gasteiger partial charge in [0.25, 0.3) is 0 Å². The van der Waals surface area contributed by atoms with Crippen LogP contribution in [0, 0.1) is 0 Å². The van der Waals surface area contributed by atoms with Gasteiger partial charge in [0.15, 0.2) is 0 Å². The summed E-state index contributed by atoms with van der Waals surface area (Å²) in [6, 6.07) is 19.9. The highest BCUT2D eigenvalue weighted by Gasteiger charge is 2.22. The molecule has 5 nitrogen and oxygen atoms in total. The SMILES string of the molecule is O=C(CC(=O)N1CCN(c2ccccc2)CC1)NCc1ccccc1. The first-order valence-corrected chi connectivity index (χ1v) is 8.61. The highest BCUT2D eigenvalue weighted by Crippen LogP contribution is 2.15. The van der Waals surface area contributed by atoms with Gasteiger partial charge in [0.05, 0.1) is 0 Å². The molecule has 25 heavy (non-hydrogen) atoms. The van der Waals surface area contributed by atoms with Gasteiger partial charge in [0.1, 0.15) is 6.42 Å². The van der Waals surface area contributed by atoms with Gasteiger partial charge in [-0.25, -0.2) is 0 Å². The summed E-state index contributed by atoms with van der Waals surface area (Å²) in [6.45, 7) is 3.34. The molecule has 3 rings (SSSR count). The second-order valence-corrected chi connectivity index (χ2v) is 6.14. The summed E-state index contributed by atoms with van der Waals surface area (Å²) in [5.74, 6) is -0.322. The number of carbonyl (C=O) groups is 2. The molecule has 1 aliphatic rings. The maximum absolute atomic E-state index is 12.3. The lowest BCUT2D eigenvalue weighted by Crippen LogP contribution is -2.49. The molecule has 0 radical (unpaired) electrons. The van der Waals surface area contributed by atoms with Gasteiger partial charge in [-0.2, -0.15) is 0 Å². The summed E-state index contributed by atoms with van der Waals surface area (Å²) in [7, 11) is 0. The Hall–Kier alpha value is -2.82. The van der Waals surface area contributed by atoms with E-state index in [1.54, 1.807) is 4.90 Å². The van der Waals surface area contributed by atoms with Crippen LogP contribution in [0.1, 0.15) is 12.0 Å². The first-order valence-electron chi connectivity index (χ1n) is 8.61. The van der Waals surface area contributed by atoms with Crippen LogP contribution in [0.2, 0.25) is 0 Å². The zero-order valence-corrected chi connectivity index (χ0v) is 14.2. The summed E-state index contributed by atoms with van der Waals surface area (Å²) < 4.78 is 0. The molecule has 2 amide bonds. The van der Waals surface area contributed by atoms with Crippen molar-refractivity contribution in [2.45, 2.75) is 13.0 Å². The third-order valence-corrected chi connectivity index (χ3v) is 4.40. The summed E-state index contributed by atoms with van der Waals surface area (Å²) in [5, 5.41) is 2.81. The van der Waals surface area contributed by atoms with Gasteiger partial charge in [0, 0.05) is 38.4 Å². The minimum absolute atomic E-state index is 0.0851. The van der Waals surface area contributed by atoms with E-state index in [4.69, 9.17) is 0 Å². The van der Waals surface area contributed by atoms with Crippen molar-refractivity contribution in [3.63, 3.8) is 0 Å². The number of hydrogen-bond acceptors (Lipinski definition) is 3. The van der Waals surface area contributed by atoms with E-state index in [0.29, 0.717) is 19.6 Å². The molecule has 5 heteroatoms. The Kier molecular flexibility index (Phi) is 5.67. The lowest BCUT2D eigenvalue weighted by Gasteiger charge is -2.36. The normalized spacial score (nSPS) is 14.2. The molecule has 0 saturated carbocycles. The monoisotopic (exact) mass is 337 g/mol. The average molecular weight is 337 g/mol. The Morgan fingerprint density at radius 1 is 0.840 bits per heavy atom. The molecule has 1 N–H and O–H groups in total. The van der Waals surface area contributed by atoms with Crippen LogP contribution in [0.5, 0.6) is 0 Å². The molecule has 0 aromatic heterocycles. The number of rotatable bonds is 5. The molecule has 0 spiro atoms. The third-order valence-electron chi connectivity index (χ3n) is 4.40. The van der Waals surface area contributed by atoms with Crippen molar-refractivity contribution in [3.8, 4) is 0 Å². The van der Waals surface area contributed by atoms with E-state index in [9.17, 15) is 9.59 Å². The number of carbonyl (C=O) groups excluding carboxylic acids is 2. The molecule has 1 fully saturated rings. The van der Waals surface area contributed by atoms with E-state index >= 15 is 0 Å². The molecule has 2 aromatic rings. The first-order chi connectivity index (χ1) is 12.2. The van der Waals surface area contributed by atoms with Crippen LogP contribution >= 0.6 is 0 Å². The molecule has 0 unspecified atom stereocenters. The van der Waals surface area contributed by atoms with Crippen molar-refractivity contribution in [2.24, 2.45) is 0 Å². The second kappa shape index (κ2) is 8.33. The predicted octanol–water partition coefficient (Wildman–Crippen LogP) is 2.04. The lowest BCUT2D eigenvalue weighted by molar-refractivity contribution is -0.136. The molecular formula is C20H23N3O2. The summed E-state index contributed by atoms with van der Waals surface area (Å²) in [5.41, 5.74) is 2.20. The number of nitrogens with one attached hydrogen (secondary N) is 1. The largest absolute Gasteiger partial charge is 0.368 e. The minimum atomic E-state index is -0.223. The smallest absolute Gasteiger partial charge is 0.232 e. The van der Waals surface area contributed by atoms with E-state index in [1.165, 1.54) is 5.69 Å². The van der Waals surface area contributed by atoms with Crippen LogP contribution in [0.3, 0.4) is 0 Å². The van der Waals surface area contributed by atoms with Crippen LogP contribution in [0.15, 0.2) is 60.7 Å². The standard InChI is InChI=1S/C20H23N3O2/c24-19(21-16-17-7-3-1-4-8-17)15-20(25)23-13-11-22(12-14-23)18-9-5-2-6-10-18/h1-10H,11-16H2,(H,21,24). The maximum atomic E-state index is 12.3. The minimum Gasteiger partial charge on any atom is -0.368 e. The molecule has 2 aromatic carbocycles. The van der Waals surface area contributed by atoms with Crippen molar-refractivity contribution >= 4 is 17.5 Å². The highest BCUT2D eigenvalue weighted by atomic mass is 16.2. The number of amides is 2. The molecule has 130 valence electrons. The van der Waals surface area contributed by atoms with E-state index in [2.05, 4.69) is 22.3 Å². The Bertz CT molecular complexity index is 695. The fraction of sp³-hybridized carbons (Fsp3) is 0.300. The van der Waals surface area contributed by atoms with Crippen molar-refractivity contribution < 1.29 is 9.59 Å². The van der Waals surface area contributed by atoms with Gasteiger partial charge in [-0.05, 0) is 17.7 Å². The quantitative estimate of drug-likeness (QED) is 0.850. The number of para-hydroxylation sites is 1. The average Bonchev–Trinajstić information content (AvgIpc) is 2.68. The van der Waals surface area contributed by atoms with Crippen LogP contribution in [0.4, 0.5) is 5.69 Å². The zero-order valence-electron chi connectivity index (χ0n) is 14.2. The van der Waals surface area contributed by atoms with Crippen molar-refractivity contribution in [2.75, 3.05) is 31.1 Å². The fourth-order valence-corrected chi connectivity index (χ4v) is 2.96. The lowest BCUT2D eigenvalue weighted by atomic mass is 10.2. The molecule has 1 heterocycles. The number of nitrogens with zero attached hydrogens (tertiary/aromatic N) is 2. The van der Waals surface area contributed by atoms with Gasteiger partial charge in [-0.15, -0.1) is 0 Å². The van der Waals surface area contributed by atoms with E-state index in [-0.39, 0.29) is 18.2 Å². The van der Waals surface area contributed by atoms with E-state index < -0.39 is 0 Å². The van der Waals surface area contributed by atoms with E-state index in [1.807, 2.05) is 48.5 Å². The van der Waals surface area contributed by atoms with Crippen molar-refractivity contribution in [1.82, 2.24) is 10.2 Å². The van der Waals surface area contributed by atoms with Crippen LogP contribution in [0.25, 0.3) is 0 Å². The molecule has 0 aliphatic carbocycles. The Balaban J connectivity index is 1.42. The first kappa shape index (κ1) is 17.0. The second-order valence-electron chi connectivity index (χ2n) is 6.14. The zero-order chi connectivity index (χ0) is 17.5. The number of hydrogen-bond donors (Lipinski definition) is 1. The summed E-state index contributed by atoms with van der Waals surface area (Å²) >= 11 is 0. The molecule has 0 atom stereocenters. The summed E-state index contributed by atoms with van der Waals surface area (Å²) in [4.78, 5) is 28.3. The Labute approximate surface area is 148 Å². The van der Waals surface area contributed by atoms with Crippen LogP contribution in [-0.4, -0.2) is 42.9 Å². The molecule has 1 aliphatic heterocycles. The van der Waals surface area contributed by atoms with Crippen LogP contribution in [-0.2, 0) is 16.1 Å².